The molecule has 1 fully saturated rings. The van der Waals surface area contributed by atoms with E-state index in [4.69, 9.17) is 0 Å². The number of hydrogen-bond acceptors (Lipinski definition) is 1. The van der Waals surface area contributed by atoms with Gasteiger partial charge in [0.2, 0.25) is 0 Å². The zero-order valence-corrected chi connectivity index (χ0v) is 11.3. The predicted octanol–water partition coefficient (Wildman–Crippen LogP) is 3.47. The van der Waals surface area contributed by atoms with Crippen molar-refractivity contribution in [3.05, 3.63) is 35.4 Å². The summed E-state index contributed by atoms with van der Waals surface area (Å²) in [5.41, 5.74) is -0.164. The van der Waals surface area contributed by atoms with E-state index in [0.29, 0.717) is 24.9 Å². The molecule has 2 nitrogen and oxygen atoms in total. The lowest BCUT2D eigenvalue weighted by molar-refractivity contribution is 0.0662. The zero-order valence-electron chi connectivity index (χ0n) is 11.3. The van der Waals surface area contributed by atoms with Gasteiger partial charge >= 0.3 is 0 Å². The van der Waals surface area contributed by atoms with Crippen molar-refractivity contribution in [2.75, 3.05) is 13.1 Å². The lowest BCUT2D eigenvalue weighted by Gasteiger charge is -2.34. The van der Waals surface area contributed by atoms with Crippen molar-refractivity contribution >= 4 is 5.91 Å². The van der Waals surface area contributed by atoms with Crippen molar-refractivity contribution in [1.29, 1.82) is 0 Å². The Morgan fingerprint density at radius 3 is 2.47 bits per heavy atom. The van der Waals surface area contributed by atoms with Gasteiger partial charge in [-0.25, -0.2) is 8.78 Å². The molecule has 0 atom stereocenters. The number of rotatable bonds is 2. The molecule has 1 aliphatic heterocycles. The second-order valence-electron chi connectivity index (χ2n) is 5.48. The van der Waals surface area contributed by atoms with Gasteiger partial charge in [0.05, 0.1) is 5.56 Å². The molecule has 1 amide bonds. The van der Waals surface area contributed by atoms with Gasteiger partial charge in [0.25, 0.3) is 5.91 Å². The molecule has 0 saturated carbocycles. The van der Waals surface area contributed by atoms with E-state index in [1.165, 1.54) is 12.1 Å². The highest BCUT2D eigenvalue weighted by Crippen LogP contribution is 2.25. The first-order valence-corrected chi connectivity index (χ1v) is 6.74. The lowest BCUT2D eigenvalue weighted by atomic mass is 9.86. The Balaban J connectivity index is 2.07. The van der Waals surface area contributed by atoms with Gasteiger partial charge in [0.15, 0.2) is 11.6 Å². The summed E-state index contributed by atoms with van der Waals surface area (Å²) in [6, 6.07) is 3.74. The van der Waals surface area contributed by atoms with Crippen LogP contribution in [0.15, 0.2) is 18.2 Å². The van der Waals surface area contributed by atoms with Crippen LogP contribution < -0.4 is 0 Å². The van der Waals surface area contributed by atoms with Gasteiger partial charge in [-0.1, -0.05) is 19.9 Å². The number of piperidine rings is 1. The maximum Gasteiger partial charge on any atom is 0.256 e. The van der Waals surface area contributed by atoms with E-state index in [1.807, 2.05) is 0 Å². The van der Waals surface area contributed by atoms with Crippen LogP contribution in [0, 0.1) is 23.5 Å². The summed E-state index contributed by atoms with van der Waals surface area (Å²) in [7, 11) is 0. The zero-order chi connectivity index (χ0) is 14.0. The second kappa shape index (κ2) is 5.68. The van der Waals surface area contributed by atoms with Gasteiger partial charge in [0.1, 0.15) is 0 Å². The smallest absolute Gasteiger partial charge is 0.256 e. The first-order chi connectivity index (χ1) is 9.00. The Hall–Kier alpha value is -1.45. The fourth-order valence-corrected chi connectivity index (χ4v) is 2.61. The van der Waals surface area contributed by atoms with Crippen molar-refractivity contribution in [1.82, 2.24) is 4.90 Å². The van der Waals surface area contributed by atoms with Gasteiger partial charge in [0, 0.05) is 13.1 Å². The van der Waals surface area contributed by atoms with E-state index >= 15 is 0 Å². The molecule has 0 aromatic heterocycles. The number of benzene rings is 1. The molecule has 0 N–H and O–H groups in total. The monoisotopic (exact) mass is 267 g/mol. The minimum absolute atomic E-state index is 0.164. The Bertz CT molecular complexity index is 465. The number of carbonyl (C=O) groups is 1. The van der Waals surface area contributed by atoms with E-state index in [-0.39, 0.29) is 5.56 Å². The Morgan fingerprint density at radius 2 is 1.89 bits per heavy atom. The highest BCUT2D eigenvalue weighted by atomic mass is 19.2. The van der Waals surface area contributed by atoms with Crippen molar-refractivity contribution in [3.8, 4) is 0 Å². The number of halogens is 2. The van der Waals surface area contributed by atoms with Crippen LogP contribution in [0.4, 0.5) is 8.78 Å². The first-order valence-electron chi connectivity index (χ1n) is 6.74. The van der Waals surface area contributed by atoms with Crippen molar-refractivity contribution < 1.29 is 13.6 Å². The molecule has 2 rings (SSSR count). The van der Waals surface area contributed by atoms with E-state index < -0.39 is 17.5 Å². The largest absolute Gasteiger partial charge is 0.339 e. The fraction of sp³-hybridized carbons (Fsp3) is 0.533. The maximum absolute atomic E-state index is 13.6. The highest BCUT2D eigenvalue weighted by molar-refractivity contribution is 5.94. The van der Waals surface area contributed by atoms with E-state index in [0.717, 1.165) is 18.9 Å². The van der Waals surface area contributed by atoms with Crippen LogP contribution in [0.3, 0.4) is 0 Å². The molecule has 1 heterocycles. The molecule has 19 heavy (non-hydrogen) atoms. The minimum Gasteiger partial charge on any atom is -0.339 e. The van der Waals surface area contributed by atoms with Crippen LogP contribution in [-0.2, 0) is 0 Å². The average Bonchev–Trinajstić information content (AvgIpc) is 2.41. The molecule has 0 bridgehead atoms. The van der Waals surface area contributed by atoms with Gasteiger partial charge in [-0.05, 0) is 36.8 Å². The summed E-state index contributed by atoms with van der Waals surface area (Å²) in [5.74, 6) is -1.20. The molecular weight excluding hydrogens is 248 g/mol. The fourth-order valence-electron chi connectivity index (χ4n) is 2.61. The van der Waals surface area contributed by atoms with Gasteiger partial charge < -0.3 is 4.90 Å². The predicted molar refractivity (Wildman–Crippen MR) is 69.8 cm³/mol. The number of nitrogens with zero attached hydrogens (tertiary/aromatic N) is 1. The topological polar surface area (TPSA) is 20.3 Å². The molecule has 1 aliphatic rings. The van der Waals surface area contributed by atoms with Crippen molar-refractivity contribution in [2.24, 2.45) is 11.8 Å². The molecule has 1 aromatic carbocycles. The molecule has 1 saturated heterocycles. The van der Waals surface area contributed by atoms with Gasteiger partial charge in [-0.3, -0.25) is 4.79 Å². The minimum atomic E-state index is -1.04. The first kappa shape index (κ1) is 14.0. The van der Waals surface area contributed by atoms with E-state index in [1.54, 1.807) is 4.90 Å². The van der Waals surface area contributed by atoms with E-state index in [2.05, 4.69) is 13.8 Å². The molecule has 0 spiro atoms. The van der Waals surface area contributed by atoms with Crippen LogP contribution in [0.25, 0.3) is 0 Å². The second-order valence-corrected chi connectivity index (χ2v) is 5.48. The molecule has 1 aromatic rings. The summed E-state index contributed by atoms with van der Waals surface area (Å²) in [4.78, 5) is 13.8. The number of carbonyl (C=O) groups excluding carboxylic acids is 1. The Kier molecular flexibility index (Phi) is 4.17. The van der Waals surface area contributed by atoms with Gasteiger partial charge in [-0.15, -0.1) is 0 Å². The number of hydrogen-bond donors (Lipinski definition) is 0. The molecule has 0 aliphatic carbocycles. The molecule has 0 unspecified atom stereocenters. The third-order valence-corrected chi connectivity index (χ3v) is 3.95. The van der Waals surface area contributed by atoms with Crippen LogP contribution >= 0.6 is 0 Å². The normalized spacial score (nSPS) is 17.0. The summed E-state index contributed by atoms with van der Waals surface area (Å²) < 4.78 is 26.7. The standard InChI is InChI=1S/C15H19F2NO/c1-10(2)11-6-8-18(9-7-11)15(19)12-4-3-5-13(16)14(12)17/h3-5,10-11H,6-9H2,1-2H3. The summed E-state index contributed by atoms with van der Waals surface area (Å²) >= 11 is 0. The molecule has 104 valence electrons. The Morgan fingerprint density at radius 1 is 1.26 bits per heavy atom. The van der Waals surface area contributed by atoms with E-state index in [9.17, 15) is 13.6 Å². The van der Waals surface area contributed by atoms with Crippen LogP contribution in [0.2, 0.25) is 0 Å². The molecular formula is C15H19F2NO. The summed E-state index contributed by atoms with van der Waals surface area (Å²) in [6.07, 6.45) is 1.86. The quantitative estimate of drug-likeness (QED) is 0.803. The molecule has 0 radical (unpaired) electrons. The van der Waals surface area contributed by atoms with Crippen LogP contribution in [0.1, 0.15) is 37.0 Å². The third-order valence-electron chi connectivity index (χ3n) is 3.95. The summed E-state index contributed by atoms with van der Waals surface area (Å²) in [6.45, 7) is 5.60. The Labute approximate surface area is 112 Å². The summed E-state index contributed by atoms with van der Waals surface area (Å²) in [5, 5.41) is 0. The maximum atomic E-state index is 13.6. The van der Waals surface area contributed by atoms with Crippen molar-refractivity contribution in [3.63, 3.8) is 0 Å². The number of amides is 1. The van der Waals surface area contributed by atoms with Crippen LogP contribution in [0.5, 0.6) is 0 Å². The van der Waals surface area contributed by atoms with Crippen LogP contribution in [-0.4, -0.2) is 23.9 Å². The third kappa shape index (κ3) is 2.94. The van der Waals surface area contributed by atoms with Gasteiger partial charge in [-0.2, -0.15) is 0 Å². The number of likely N-dealkylation sites (tertiary alicyclic amines) is 1. The van der Waals surface area contributed by atoms with Crippen molar-refractivity contribution in [2.45, 2.75) is 26.7 Å². The lowest BCUT2D eigenvalue weighted by Crippen LogP contribution is -2.39. The highest BCUT2D eigenvalue weighted by Gasteiger charge is 2.27. The average molecular weight is 267 g/mol. The SMILES string of the molecule is CC(C)C1CCN(C(=O)c2cccc(F)c2F)CC1. The molecule has 4 heteroatoms.